The lowest BCUT2D eigenvalue weighted by molar-refractivity contribution is 0.168. The summed E-state index contributed by atoms with van der Waals surface area (Å²) in [5.74, 6) is 0. The van der Waals surface area contributed by atoms with E-state index in [2.05, 4.69) is 17.1 Å². The summed E-state index contributed by atoms with van der Waals surface area (Å²) in [6, 6.07) is 0.458. The molecule has 0 radical (unpaired) electrons. The van der Waals surface area contributed by atoms with Gasteiger partial charge in [-0.3, -0.25) is 4.90 Å². The average molecular weight is 173 g/mol. The summed E-state index contributed by atoms with van der Waals surface area (Å²) >= 11 is 0. The van der Waals surface area contributed by atoms with Gasteiger partial charge in [0.25, 0.3) is 0 Å². The van der Waals surface area contributed by atoms with E-state index in [1.807, 2.05) is 0 Å². The first-order valence-corrected chi connectivity index (χ1v) is 4.54. The fourth-order valence-corrected chi connectivity index (χ4v) is 1.57. The van der Waals surface area contributed by atoms with Crippen molar-refractivity contribution >= 4 is 0 Å². The van der Waals surface area contributed by atoms with Crippen molar-refractivity contribution in [1.82, 2.24) is 10.2 Å². The minimum absolute atomic E-state index is 0.0817. The zero-order chi connectivity index (χ0) is 8.97. The average Bonchev–Trinajstić information content (AvgIpc) is 2.04. The van der Waals surface area contributed by atoms with Crippen molar-refractivity contribution < 1.29 is 5.11 Å². The molecular weight excluding hydrogens is 154 g/mol. The summed E-state index contributed by atoms with van der Waals surface area (Å²) in [5, 5.41) is 12.1. The van der Waals surface area contributed by atoms with E-state index in [0.29, 0.717) is 6.04 Å². The molecule has 0 spiro atoms. The van der Waals surface area contributed by atoms with Crippen molar-refractivity contribution in [1.29, 1.82) is 0 Å². The fourth-order valence-electron chi connectivity index (χ4n) is 1.57. The van der Waals surface area contributed by atoms with Gasteiger partial charge in [-0.25, -0.2) is 0 Å². The smallest absolute Gasteiger partial charge is 0.0595 e. The van der Waals surface area contributed by atoms with Crippen molar-refractivity contribution in [2.75, 3.05) is 32.8 Å². The number of nitrogens with one attached hydrogen (secondary N) is 1. The Morgan fingerprint density at radius 2 is 2.50 bits per heavy atom. The number of hydrogen-bond acceptors (Lipinski definition) is 4. The maximum atomic E-state index is 8.76. The van der Waals surface area contributed by atoms with Crippen LogP contribution in [0, 0.1) is 0 Å². The molecule has 0 bridgehead atoms. The van der Waals surface area contributed by atoms with Crippen LogP contribution in [-0.4, -0.2) is 54.9 Å². The minimum Gasteiger partial charge on any atom is -0.395 e. The highest BCUT2D eigenvalue weighted by molar-refractivity contribution is 4.77. The number of nitrogens with zero attached hydrogens (tertiary/aromatic N) is 1. The third-order valence-electron chi connectivity index (χ3n) is 2.18. The molecule has 4 nitrogen and oxygen atoms in total. The molecule has 4 N–H and O–H groups in total. The summed E-state index contributed by atoms with van der Waals surface area (Å²) in [7, 11) is 0. The van der Waals surface area contributed by atoms with E-state index < -0.39 is 0 Å². The molecule has 12 heavy (non-hydrogen) atoms. The molecule has 1 rings (SSSR count). The van der Waals surface area contributed by atoms with Crippen molar-refractivity contribution in [2.24, 2.45) is 5.73 Å². The van der Waals surface area contributed by atoms with Crippen molar-refractivity contribution in [3.63, 3.8) is 0 Å². The van der Waals surface area contributed by atoms with Crippen molar-refractivity contribution in [3.8, 4) is 0 Å². The van der Waals surface area contributed by atoms with Crippen LogP contribution >= 0.6 is 0 Å². The molecule has 0 saturated carbocycles. The Balaban J connectivity index is 2.22. The molecule has 1 fully saturated rings. The quantitative estimate of drug-likeness (QED) is 0.491. The van der Waals surface area contributed by atoms with Gasteiger partial charge in [0, 0.05) is 38.3 Å². The van der Waals surface area contributed by atoms with Crippen LogP contribution < -0.4 is 11.1 Å². The predicted molar refractivity (Wildman–Crippen MR) is 49.0 cm³/mol. The van der Waals surface area contributed by atoms with E-state index in [-0.39, 0.29) is 12.6 Å². The standard InChI is InChI=1S/C8H19N3O/c1-7-4-11(3-2-10-7)5-8(9)6-12/h7-8,10,12H,2-6,9H2,1H3. The molecule has 72 valence electrons. The maximum absolute atomic E-state index is 8.76. The molecule has 0 aromatic rings. The molecule has 0 amide bonds. The third-order valence-corrected chi connectivity index (χ3v) is 2.18. The zero-order valence-electron chi connectivity index (χ0n) is 7.66. The summed E-state index contributed by atoms with van der Waals surface area (Å²) < 4.78 is 0. The second-order valence-corrected chi connectivity index (χ2v) is 3.56. The highest BCUT2D eigenvalue weighted by atomic mass is 16.3. The van der Waals surface area contributed by atoms with Gasteiger partial charge in [0.1, 0.15) is 0 Å². The van der Waals surface area contributed by atoms with E-state index in [4.69, 9.17) is 10.8 Å². The molecule has 1 saturated heterocycles. The van der Waals surface area contributed by atoms with Crippen LogP contribution in [0.25, 0.3) is 0 Å². The molecule has 1 aliphatic rings. The Morgan fingerprint density at radius 3 is 3.08 bits per heavy atom. The van der Waals surface area contributed by atoms with Gasteiger partial charge >= 0.3 is 0 Å². The first-order valence-electron chi connectivity index (χ1n) is 4.54. The highest BCUT2D eigenvalue weighted by Gasteiger charge is 2.16. The predicted octanol–water partition coefficient (Wildman–Crippen LogP) is -1.40. The minimum atomic E-state index is -0.0877. The van der Waals surface area contributed by atoms with Gasteiger partial charge < -0.3 is 16.2 Å². The summed E-state index contributed by atoms with van der Waals surface area (Å²) in [5.41, 5.74) is 5.64. The van der Waals surface area contributed by atoms with Gasteiger partial charge in [-0.05, 0) is 6.92 Å². The van der Waals surface area contributed by atoms with Crippen LogP contribution in [0.5, 0.6) is 0 Å². The zero-order valence-corrected chi connectivity index (χ0v) is 7.66. The number of piperazine rings is 1. The van der Waals surface area contributed by atoms with Crippen LogP contribution in [0.4, 0.5) is 0 Å². The normalized spacial score (nSPS) is 28.8. The monoisotopic (exact) mass is 173 g/mol. The number of aliphatic hydroxyl groups is 1. The second-order valence-electron chi connectivity index (χ2n) is 3.56. The Morgan fingerprint density at radius 1 is 1.75 bits per heavy atom. The van der Waals surface area contributed by atoms with Gasteiger partial charge in [-0.15, -0.1) is 0 Å². The number of nitrogens with two attached hydrogens (primary N) is 1. The van der Waals surface area contributed by atoms with Crippen LogP contribution in [-0.2, 0) is 0 Å². The first kappa shape index (κ1) is 9.92. The molecule has 0 aromatic heterocycles. The van der Waals surface area contributed by atoms with Crippen molar-refractivity contribution in [2.45, 2.75) is 19.0 Å². The van der Waals surface area contributed by atoms with Gasteiger partial charge in [0.05, 0.1) is 6.61 Å². The van der Waals surface area contributed by atoms with E-state index in [1.54, 1.807) is 0 Å². The van der Waals surface area contributed by atoms with Gasteiger partial charge in [0.15, 0.2) is 0 Å². The SMILES string of the molecule is CC1CN(CC(N)CO)CCN1. The lowest BCUT2D eigenvalue weighted by atomic mass is 10.2. The van der Waals surface area contributed by atoms with Crippen LogP contribution in [0.3, 0.4) is 0 Å². The third kappa shape index (κ3) is 3.06. The topological polar surface area (TPSA) is 61.5 Å². The lowest BCUT2D eigenvalue weighted by Gasteiger charge is -2.33. The molecular formula is C8H19N3O. The van der Waals surface area contributed by atoms with Crippen molar-refractivity contribution in [3.05, 3.63) is 0 Å². The lowest BCUT2D eigenvalue weighted by Crippen LogP contribution is -2.52. The van der Waals surface area contributed by atoms with E-state index in [0.717, 1.165) is 26.2 Å². The number of aliphatic hydroxyl groups excluding tert-OH is 1. The second kappa shape index (κ2) is 4.77. The molecule has 0 aromatic carbocycles. The van der Waals surface area contributed by atoms with Gasteiger partial charge in [-0.2, -0.15) is 0 Å². The molecule has 2 atom stereocenters. The Labute approximate surface area is 73.7 Å². The van der Waals surface area contributed by atoms with E-state index in [1.165, 1.54) is 0 Å². The van der Waals surface area contributed by atoms with Crippen LogP contribution in [0.15, 0.2) is 0 Å². The summed E-state index contributed by atoms with van der Waals surface area (Å²) in [4.78, 5) is 2.29. The number of rotatable bonds is 3. The Hall–Kier alpha value is -0.160. The van der Waals surface area contributed by atoms with E-state index >= 15 is 0 Å². The molecule has 0 aliphatic carbocycles. The maximum Gasteiger partial charge on any atom is 0.0595 e. The molecule has 2 unspecified atom stereocenters. The Kier molecular flexibility index (Phi) is 3.94. The summed E-state index contributed by atoms with van der Waals surface area (Å²) in [6.07, 6.45) is 0. The molecule has 1 aliphatic heterocycles. The molecule has 4 heteroatoms. The van der Waals surface area contributed by atoms with Crippen LogP contribution in [0.2, 0.25) is 0 Å². The van der Waals surface area contributed by atoms with E-state index in [9.17, 15) is 0 Å². The highest BCUT2D eigenvalue weighted by Crippen LogP contribution is 1.98. The largest absolute Gasteiger partial charge is 0.395 e. The van der Waals surface area contributed by atoms with Gasteiger partial charge in [-0.1, -0.05) is 0 Å². The fraction of sp³-hybridized carbons (Fsp3) is 1.00. The van der Waals surface area contributed by atoms with Crippen LogP contribution in [0.1, 0.15) is 6.92 Å². The Bertz CT molecular complexity index is 131. The molecule has 1 heterocycles. The first-order chi connectivity index (χ1) is 5.72. The summed E-state index contributed by atoms with van der Waals surface area (Å²) in [6.45, 7) is 6.16. The van der Waals surface area contributed by atoms with Gasteiger partial charge in [0.2, 0.25) is 0 Å². The number of hydrogen-bond donors (Lipinski definition) is 3.